The van der Waals surface area contributed by atoms with Crippen molar-refractivity contribution >= 4 is 13.8 Å². The Bertz CT molecular complexity index is 395. The van der Waals surface area contributed by atoms with E-state index < -0.39 is 0 Å². The lowest BCUT2D eigenvalue weighted by Gasteiger charge is -2.34. The van der Waals surface area contributed by atoms with E-state index in [4.69, 9.17) is 14.0 Å². The lowest BCUT2D eigenvalue weighted by atomic mass is 9.52. The van der Waals surface area contributed by atoms with E-state index in [1.165, 1.54) is 5.57 Å². The summed E-state index contributed by atoms with van der Waals surface area (Å²) in [4.78, 5) is 3.94. The summed E-state index contributed by atoms with van der Waals surface area (Å²) in [6.07, 6.45) is 6.22. The van der Waals surface area contributed by atoms with Gasteiger partial charge in [-0.05, 0) is 12.3 Å². The number of allylic oxidation sites excluding steroid dienone is 2. The van der Waals surface area contributed by atoms with Crippen LogP contribution in [-0.4, -0.2) is 45.8 Å². The molecule has 0 radical (unpaired) electrons. The Kier molecular flexibility index (Phi) is 2.69. The van der Waals surface area contributed by atoms with Gasteiger partial charge >= 0.3 is 7.12 Å². The molecule has 2 heterocycles. The molecule has 3 aliphatic rings. The van der Waals surface area contributed by atoms with Gasteiger partial charge in [0, 0.05) is 0 Å². The maximum Gasteiger partial charge on any atom is 0.471 e. The molecule has 2 aliphatic heterocycles. The predicted octanol–water partition coefficient (Wildman–Crippen LogP) is 1.25. The van der Waals surface area contributed by atoms with Gasteiger partial charge in [0.15, 0.2) is 0 Å². The van der Waals surface area contributed by atoms with E-state index in [1.807, 2.05) is 6.08 Å². The fourth-order valence-corrected chi connectivity index (χ4v) is 2.92. The third-order valence-electron chi connectivity index (χ3n) is 3.84. The van der Waals surface area contributed by atoms with E-state index in [1.54, 1.807) is 0 Å². The highest BCUT2D eigenvalue weighted by atomic mass is 16.6. The molecule has 0 bridgehead atoms. The quantitative estimate of drug-likeness (QED) is 0.532. The molecule has 3 unspecified atom stereocenters. The van der Waals surface area contributed by atoms with Crippen LogP contribution in [-0.2, 0) is 14.0 Å². The molecule has 0 spiro atoms. The Hall–Kier alpha value is -0.905. The molecule has 90 valence electrons. The van der Waals surface area contributed by atoms with Crippen LogP contribution >= 0.6 is 0 Å². The average molecular weight is 233 g/mol. The van der Waals surface area contributed by atoms with E-state index in [9.17, 15) is 0 Å². The number of hydrogen-bond acceptors (Lipinski definition) is 4. The van der Waals surface area contributed by atoms with Crippen LogP contribution in [0.3, 0.4) is 0 Å². The molecule has 3 rings (SSSR count). The molecule has 17 heavy (non-hydrogen) atoms. The zero-order valence-electron chi connectivity index (χ0n) is 9.96. The van der Waals surface area contributed by atoms with Crippen LogP contribution in [0.4, 0.5) is 0 Å². The van der Waals surface area contributed by atoms with Crippen molar-refractivity contribution in [2.75, 3.05) is 19.8 Å². The van der Waals surface area contributed by atoms with Gasteiger partial charge in [0.1, 0.15) is 0 Å². The zero-order valence-corrected chi connectivity index (χ0v) is 9.96. The molecule has 2 saturated heterocycles. The van der Waals surface area contributed by atoms with Crippen molar-refractivity contribution in [2.45, 2.75) is 24.4 Å². The topological polar surface area (TPSA) is 40.0 Å². The molecule has 0 aromatic heterocycles. The van der Waals surface area contributed by atoms with Crippen molar-refractivity contribution in [3.8, 4) is 0 Å². The Morgan fingerprint density at radius 3 is 3.29 bits per heavy atom. The normalized spacial score (nSPS) is 39.6. The first-order chi connectivity index (χ1) is 8.26. The largest absolute Gasteiger partial charge is 0.471 e. The first-order valence-electron chi connectivity index (χ1n) is 5.97. The van der Waals surface area contributed by atoms with Crippen LogP contribution in [0.15, 0.2) is 28.8 Å². The van der Waals surface area contributed by atoms with Gasteiger partial charge in [0.05, 0.1) is 37.3 Å². The summed E-state index contributed by atoms with van der Waals surface area (Å²) in [6, 6.07) is 0. The van der Waals surface area contributed by atoms with Gasteiger partial charge in [-0.1, -0.05) is 25.2 Å². The van der Waals surface area contributed by atoms with Crippen molar-refractivity contribution in [1.82, 2.24) is 0 Å². The molecule has 5 heteroatoms. The van der Waals surface area contributed by atoms with Gasteiger partial charge < -0.3 is 14.0 Å². The van der Waals surface area contributed by atoms with Crippen molar-refractivity contribution < 1.29 is 14.0 Å². The van der Waals surface area contributed by atoms with Crippen LogP contribution in [0, 0.1) is 0 Å². The molecule has 4 nitrogen and oxygen atoms in total. The summed E-state index contributed by atoms with van der Waals surface area (Å²) in [5.41, 5.74) is 1.21. The fraction of sp³-hybridized carbons (Fsp3) is 0.583. The second kappa shape index (κ2) is 4.08. The SMILES string of the molecule is C=NCC1OB2OCCOC3C=CC=C1C23C. The van der Waals surface area contributed by atoms with E-state index >= 15 is 0 Å². The van der Waals surface area contributed by atoms with E-state index in [-0.39, 0.29) is 24.6 Å². The Morgan fingerprint density at radius 2 is 2.47 bits per heavy atom. The number of ether oxygens (including phenoxy) is 1. The van der Waals surface area contributed by atoms with Gasteiger partial charge in [0.2, 0.25) is 0 Å². The predicted molar refractivity (Wildman–Crippen MR) is 66.3 cm³/mol. The molecule has 1 aliphatic carbocycles. The van der Waals surface area contributed by atoms with Crippen molar-refractivity contribution in [2.24, 2.45) is 4.99 Å². The van der Waals surface area contributed by atoms with Crippen LogP contribution in [0.25, 0.3) is 0 Å². The number of nitrogens with zero attached hydrogens (tertiary/aromatic N) is 1. The molecule has 3 atom stereocenters. The minimum Gasteiger partial charge on any atom is -0.408 e. The number of aliphatic imine (C=N–C) groups is 1. The highest BCUT2D eigenvalue weighted by Crippen LogP contribution is 2.54. The fourth-order valence-electron chi connectivity index (χ4n) is 2.92. The maximum absolute atomic E-state index is 5.96. The van der Waals surface area contributed by atoms with E-state index in [0.29, 0.717) is 19.8 Å². The average Bonchev–Trinajstić information content (AvgIpc) is 2.49. The van der Waals surface area contributed by atoms with E-state index in [0.717, 1.165) is 0 Å². The summed E-state index contributed by atoms with van der Waals surface area (Å²) in [6.45, 7) is 7.45. The van der Waals surface area contributed by atoms with Crippen LogP contribution in [0.5, 0.6) is 0 Å². The van der Waals surface area contributed by atoms with Crippen molar-refractivity contribution in [3.63, 3.8) is 0 Å². The molecular formula is C12H16BNO3. The second-order valence-electron chi connectivity index (χ2n) is 4.81. The monoisotopic (exact) mass is 233 g/mol. The number of rotatable bonds is 2. The zero-order chi connectivity index (χ0) is 11.9. The Morgan fingerprint density at radius 1 is 1.59 bits per heavy atom. The third kappa shape index (κ3) is 1.53. The third-order valence-corrected chi connectivity index (χ3v) is 3.84. The molecule has 2 fully saturated rings. The molecule has 0 amide bonds. The van der Waals surface area contributed by atoms with Crippen LogP contribution in [0.2, 0.25) is 5.31 Å². The molecular weight excluding hydrogens is 217 g/mol. The van der Waals surface area contributed by atoms with Crippen LogP contribution < -0.4 is 0 Å². The minimum absolute atomic E-state index is 0.0309. The lowest BCUT2D eigenvalue weighted by Crippen LogP contribution is -2.38. The van der Waals surface area contributed by atoms with Gasteiger partial charge in [-0.25, -0.2) is 0 Å². The van der Waals surface area contributed by atoms with Crippen molar-refractivity contribution in [3.05, 3.63) is 23.8 Å². The minimum atomic E-state index is -0.238. The standard InChI is InChI=1S/C12H16BNO3/c1-12-9-4-3-5-11(12)15-6-7-16-13(12)17-10(9)8-14-2/h3-5,10-11H,2,6-8H2,1H3. The first-order valence-corrected chi connectivity index (χ1v) is 5.97. The second-order valence-corrected chi connectivity index (χ2v) is 4.81. The Labute approximate surface area is 101 Å². The summed E-state index contributed by atoms with van der Waals surface area (Å²) in [5.74, 6) is 0. The summed E-state index contributed by atoms with van der Waals surface area (Å²) >= 11 is 0. The van der Waals surface area contributed by atoms with Gasteiger partial charge in [0.25, 0.3) is 0 Å². The van der Waals surface area contributed by atoms with Gasteiger partial charge in [-0.2, -0.15) is 0 Å². The summed E-state index contributed by atoms with van der Waals surface area (Å²) < 4.78 is 17.6. The molecule has 0 N–H and O–H groups in total. The molecule has 0 aromatic carbocycles. The first kappa shape index (κ1) is 11.2. The van der Waals surface area contributed by atoms with Crippen LogP contribution in [0.1, 0.15) is 6.92 Å². The summed E-state index contributed by atoms with van der Waals surface area (Å²) in [7, 11) is -0.238. The Balaban J connectivity index is 2.00. The smallest absolute Gasteiger partial charge is 0.408 e. The van der Waals surface area contributed by atoms with E-state index in [2.05, 4.69) is 30.8 Å². The maximum atomic E-state index is 5.96. The highest BCUT2D eigenvalue weighted by molar-refractivity contribution is 6.51. The van der Waals surface area contributed by atoms with Gasteiger partial charge in [-0.3, -0.25) is 4.99 Å². The highest BCUT2D eigenvalue weighted by Gasteiger charge is 2.60. The van der Waals surface area contributed by atoms with Crippen molar-refractivity contribution in [1.29, 1.82) is 0 Å². The molecule has 0 saturated carbocycles. The lowest BCUT2D eigenvalue weighted by molar-refractivity contribution is 0.0593. The summed E-state index contributed by atoms with van der Waals surface area (Å²) in [5, 5.41) is -0.222. The molecule has 0 aromatic rings. The number of hydrogen-bond donors (Lipinski definition) is 0. The van der Waals surface area contributed by atoms with Gasteiger partial charge in [-0.15, -0.1) is 0 Å².